The van der Waals surface area contributed by atoms with Gasteiger partial charge in [-0.3, -0.25) is 4.57 Å². The van der Waals surface area contributed by atoms with E-state index in [0.29, 0.717) is 22.9 Å². The summed E-state index contributed by atoms with van der Waals surface area (Å²) >= 11 is 0. The van der Waals surface area contributed by atoms with E-state index in [1.807, 2.05) is 72.8 Å². The molecule has 0 saturated heterocycles. The van der Waals surface area contributed by atoms with Crippen LogP contribution >= 0.6 is 0 Å². The van der Waals surface area contributed by atoms with Crippen LogP contribution in [0.25, 0.3) is 17.2 Å². The fourth-order valence-electron chi connectivity index (χ4n) is 4.21. The first-order valence-electron chi connectivity index (χ1n) is 12.8. The normalized spacial score (nSPS) is 10.8. The van der Waals surface area contributed by atoms with Gasteiger partial charge in [-0.15, -0.1) is 10.2 Å². The second kappa shape index (κ2) is 12.2. The van der Waals surface area contributed by atoms with Gasteiger partial charge in [0.05, 0.1) is 20.8 Å². The number of aromatic nitrogens is 5. The summed E-state index contributed by atoms with van der Waals surface area (Å²) in [6.45, 7) is 2.32. The monoisotopic (exact) mass is 539 g/mol. The molecule has 0 atom stereocenters. The molecular weight excluding hydrogens is 510 g/mol. The molecule has 5 rings (SSSR count). The molecule has 0 N–H and O–H groups in total. The van der Waals surface area contributed by atoms with Crippen LogP contribution in [0, 0.1) is 0 Å². The van der Waals surface area contributed by atoms with Crippen LogP contribution in [-0.2, 0) is 25.0 Å². The molecule has 2 aromatic heterocycles. The summed E-state index contributed by atoms with van der Waals surface area (Å²) in [5, 5.41) is 12.8. The highest BCUT2D eigenvalue weighted by Crippen LogP contribution is 2.46. The van der Waals surface area contributed by atoms with Crippen molar-refractivity contribution < 1.29 is 23.7 Å². The summed E-state index contributed by atoms with van der Waals surface area (Å²) in [6, 6.07) is 26.6. The van der Waals surface area contributed by atoms with Gasteiger partial charge >= 0.3 is 5.97 Å². The van der Waals surface area contributed by atoms with Gasteiger partial charge < -0.3 is 18.9 Å². The van der Waals surface area contributed by atoms with Gasteiger partial charge in [-0.1, -0.05) is 60.7 Å². The molecule has 0 fully saturated rings. The Balaban J connectivity index is 1.74. The molecule has 2 heterocycles. The van der Waals surface area contributed by atoms with Gasteiger partial charge in [0, 0.05) is 5.69 Å². The Labute approximate surface area is 231 Å². The van der Waals surface area contributed by atoms with Crippen molar-refractivity contribution in [1.82, 2.24) is 24.8 Å². The van der Waals surface area contributed by atoms with E-state index in [4.69, 9.17) is 18.9 Å². The van der Waals surface area contributed by atoms with Crippen LogP contribution in [0.3, 0.4) is 0 Å². The highest BCUT2D eigenvalue weighted by Gasteiger charge is 2.34. The zero-order chi connectivity index (χ0) is 27.9. The van der Waals surface area contributed by atoms with Crippen LogP contribution in [0.4, 0.5) is 0 Å². The quantitative estimate of drug-likeness (QED) is 0.216. The Morgan fingerprint density at radius 2 is 1.43 bits per heavy atom. The first kappa shape index (κ1) is 26.5. The molecule has 0 radical (unpaired) electrons. The SMILES string of the molecule is CCOC(=O)c1c(OCc2ccccc2)c(OCc2ccccc2)c(-c2nnn(C)n2)n1-c1ccc(OC)cc1. The van der Waals surface area contributed by atoms with Crippen molar-refractivity contribution in [2.24, 2.45) is 7.05 Å². The largest absolute Gasteiger partial charge is 0.497 e. The summed E-state index contributed by atoms with van der Waals surface area (Å²) in [6.07, 6.45) is 0. The Morgan fingerprint density at radius 3 is 1.95 bits per heavy atom. The zero-order valence-electron chi connectivity index (χ0n) is 22.5. The third kappa shape index (κ3) is 5.65. The van der Waals surface area contributed by atoms with Crippen molar-refractivity contribution in [3.63, 3.8) is 0 Å². The second-order valence-corrected chi connectivity index (χ2v) is 8.76. The lowest BCUT2D eigenvalue weighted by Crippen LogP contribution is -2.13. The summed E-state index contributed by atoms with van der Waals surface area (Å²) in [5.74, 6) is 0.847. The minimum atomic E-state index is -0.582. The fourth-order valence-corrected chi connectivity index (χ4v) is 4.21. The summed E-state index contributed by atoms with van der Waals surface area (Å²) in [4.78, 5) is 14.9. The molecule has 0 aliphatic carbocycles. The third-order valence-corrected chi connectivity index (χ3v) is 6.06. The number of aryl methyl sites for hydroxylation is 1. The van der Waals surface area contributed by atoms with E-state index in [1.165, 1.54) is 4.80 Å². The van der Waals surface area contributed by atoms with Crippen molar-refractivity contribution in [3.05, 3.63) is 102 Å². The van der Waals surface area contributed by atoms with E-state index in [0.717, 1.165) is 11.1 Å². The highest BCUT2D eigenvalue weighted by atomic mass is 16.5. The van der Waals surface area contributed by atoms with E-state index in [2.05, 4.69) is 15.4 Å². The second-order valence-electron chi connectivity index (χ2n) is 8.76. The molecule has 0 saturated carbocycles. The number of methoxy groups -OCH3 is 1. The maximum atomic E-state index is 13.6. The maximum Gasteiger partial charge on any atom is 0.359 e. The first-order valence-corrected chi connectivity index (χ1v) is 12.8. The number of esters is 1. The Hall–Kier alpha value is -5.12. The molecule has 0 bridgehead atoms. The molecular formula is C30H29N5O5. The topological polar surface area (TPSA) is 103 Å². The molecule has 40 heavy (non-hydrogen) atoms. The summed E-state index contributed by atoms with van der Waals surface area (Å²) in [7, 11) is 3.26. The number of carbonyl (C=O) groups is 1. The van der Waals surface area contributed by atoms with Gasteiger partial charge in [-0.25, -0.2) is 4.79 Å². The number of ether oxygens (including phenoxy) is 4. The summed E-state index contributed by atoms with van der Waals surface area (Å²) in [5.41, 5.74) is 3.03. The predicted molar refractivity (Wildman–Crippen MR) is 148 cm³/mol. The van der Waals surface area contributed by atoms with Crippen LogP contribution in [0.5, 0.6) is 17.2 Å². The standard InChI is InChI=1S/C30H29N5O5/c1-4-38-30(36)26-28(40-20-22-13-9-6-10-14-22)27(39-19-21-11-7-5-8-12-21)25(29-31-33-34(2)32-29)35(26)23-15-17-24(37-3)18-16-23/h5-18H,4,19-20H2,1-3H3. The van der Waals surface area contributed by atoms with Crippen molar-refractivity contribution in [2.45, 2.75) is 20.1 Å². The van der Waals surface area contributed by atoms with Crippen LogP contribution in [0.15, 0.2) is 84.9 Å². The lowest BCUT2D eigenvalue weighted by molar-refractivity contribution is 0.0511. The van der Waals surface area contributed by atoms with Crippen molar-refractivity contribution in [3.8, 4) is 34.5 Å². The number of rotatable bonds is 11. The van der Waals surface area contributed by atoms with Crippen LogP contribution < -0.4 is 14.2 Å². The van der Waals surface area contributed by atoms with E-state index < -0.39 is 5.97 Å². The number of carbonyl (C=O) groups excluding carboxylic acids is 1. The molecule has 0 unspecified atom stereocenters. The Bertz CT molecular complexity index is 1560. The van der Waals surface area contributed by atoms with Crippen molar-refractivity contribution in [1.29, 1.82) is 0 Å². The first-order chi connectivity index (χ1) is 19.6. The van der Waals surface area contributed by atoms with Gasteiger partial charge in [-0.2, -0.15) is 4.80 Å². The average Bonchev–Trinajstić information content (AvgIpc) is 3.56. The lowest BCUT2D eigenvalue weighted by atomic mass is 10.2. The molecule has 10 nitrogen and oxygen atoms in total. The van der Waals surface area contributed by atoms with E-state index in [1.54, 1.807) is 37.8 Å². The van der Waals surface area contributed by atoms with Crippen LogP contribution in [-0.4, -0.2) is 44.5 Å². The number of benzene rings is 3. The van der Waals surface area contributed by atoms with E-state index in [-0.39, 0.29) is 37.1 Å². The van der Waals surface area contributed by atoms with Crippen molar-refractivity contribution >= 4 is 5.97 Å². The van der Waals surface area contributed by atoms with Gasteiger partial charge in [0.2, 0.25) is 5.82 Å². The van der Waals surface area contributed by atoms with Gasteiger partial charge in [0.25, 0.3) is 0 Å². The van der Waals surface area contributed by atoms with Crippen molar-refractivity contribution in [2.75, 3.05) is 13.7 Å². The summed E-state index contributed by atoms with van der Waals surface area (Å²) < 4.78 is 25.4. The van der Waals surface area contributed by atoms with Crippen LogP contribution in [0.1, 0.15) is 28.5 Å². The molecule has 0 spiro atoms. The number of tetrazole rings is 1. The number of nitrogens with zero attached hydrogens (tertiary/aromatic N) is 5. The van der Waals surface area contributed by atoms with Gasteiger partial charge in [0.1, 0.15) is 24.7 Å². The Morgan fingerprint density at radius 1 is 0.825 bits per heavy atom. The number of hydrogen-bond acceptors (Lipinski definition) is 8. The average molecular weight is 540 g/mol. The molecule has 5 aromatic rings. The van der Waals surface area contributed by atoms with Gasteiger partial charge in [-0.05, 0) is 47.5 Å². The fraction of sp³-hybridized carbons (Fsp3) is 0.200. The molecule has 204 valence electrons. The molecule has 0 aliphatic heterocycles. The number of hydrogen-bond donors (Lipinski definition) is 0. The predicted octanol–water partition coefficient (Wildman–Crippen LogP) is 5.01. The van der Waals surface area contributed by atoms with Gasteiger partial charge in [0.15, 0.2) is 17.2 Å². The molecule has 3 aromatic carbocycles. The lowest BCUT2D eigenvalue weighted by Gasteiger charge is -2.13. The molecule has 10 heteroatoms. The van der Waals surface area contributed by atoms with Crippen LogP contribution in [0.2, 0.25) is 0 Å². The Kier molecular flexibility index (Phi) is 8.05. The zero-order valence-corrected chi connectivity index (χ0v) is 22.5. The highest BCUT2D eigenvalue weighted by molar-refractivity contribution is 5.96. The van der Waals surface area contributed by atoms with E-state index >= 15 is 0 Å². The molecule has 0 aliphatic rings. The van der Waals surface area contributed by atoms with E-state index in [9.17, 15) is 4.79 Å². The third-order valence-electron chi connectivity index (χ3n) is 6.06. The minimum absolute atomic E-state index is 0.147. The molecule has 0 amide bonds. The minimum Gasteiger partial charge on any atom is -0.497 e. The smallest absolute Gasteiger partial charge is 0.359 e. The maximum absolute atomic E-state index is 13.6.